The third kappa shape index (κ3) is 5.89. The minimum atomic E-state index is -3.25. The number of hydrogen-bond donors (Lipinski definition) is 3. The van der Waals surface area contributed by atoms with Gasteiger partial charge in [0, 0.05) is 29.8 Å². The van der Waals surface area contributed by atoms with E-state index in [4.69, 9.17) is 4.52 Å². The predicted molar refractivity (Wildman–Crippen MR) is 114 cm³/mol. The lowest BCUT2D eigenvalue weighted by atomic mass is 10.1. The summed E-state index contributed by atoms with van der Waals surface area (Å²) in [5.41, 5.74) is 3.28. The molecule has 0 aliphatic heterocycles. The highest BCUT2D eigenvalue weighted by atomic mass is 31.2. The molecule has 0 aliphatic carbocycles. The first kappa shape index (κ1) is 22.1. The number of hydrogen-bond acceptors (Lipinski definition) is 6. The van der Waals surface area contributed by atoms with Crippen LogP contribution in [0.1, 0.15) is 36.4 Å². The predicted octanol–water partition coefficient (Wildman–Crippen LogP) is 4.40. The number of phenolic OH excluding ortho intramolecular Hbond substituents is 1. The maximum absolute atomic E-state index is 13.5. The van der Waals surface area contributed by atoms with Crippen LogP contribution < -0.4 is 10.4 Å². The highest BCUT2D eigenvalue weighted by molar-refractivity contribution is 7.61. The Morgan fingerprint density at radius 1 is 1.18 bits per heavy atom. The molecule has 1 aromatic heterocycles. The summed E-state index contributed by atoms with van der Waals surface area (Å²) in [6, 6.07) is 7.13. The second-order valence-corrected chi connectivity index (χ2v) is 8.74. The molecular formula is C20H29N4O3P. The van der Waals surface area contributed by atoms with E-state index in [9.17, 15) is 9.67 Å². The van der Waals surface area contributed by atoms with Crippen molar-refractivity contribution in [3.05, 3.63) is 52.1 Å². The van der Waals surface area contributed by atoms with Gasteiger partial charge in [-0.15, -0.1) is 0 Å². The molecule has 0 spiro atoms. The third-order valence-corrected chi connectivity index (χ3v) is 6.42. The number of anilines is 1. The fraction of sp³-hybridized carbons (Fsp3) is 0.400. The molecule has 1 atom stereocenters. The summed E-state index contributed by atoms with van der Waals surface area (Å²) in [5, 5.41) is 16.5. The highest BCUT2D eigenvalue weighted by Crippen LogP contribution is 2.51. The first-order valence-electron chi connectivity index (χ1n) is 9.34. The summed E-state index contributed by atoms with van der Waals surface area (Å²) in [6.45, 7) is 10.4. The molecule has 0 saturated carbocycles. The number of nitrogens with one attached hydrogen (secondary N) is 2. The maximum atomic E-state index is 13.5. The van der Waals surface area contributed by atoms with E-state index < -0.39 is 7.52 Å². The number of phenols is 1. The molecule has 0 aliphatic rings. The van der Waals surface area contributed by atoms with Crippen molar-refractivity contribution < 1.29 is 14.2 Å². The van der Waals surface area contributed by atoms with Gasteiger partial charge in [0.1, 0.15) is 5.75 Å². The summed E-state index contributed by atoms with van der Waals surface area (Å²) in [6.07, 6.45) is 1.82. The summed E-state index contributed by atoms with van der Waals surface area (Å²) in [4.78, 5) is 8.76. The van der Waals surface area contributed by atoms with E-state index in [2.05, 4.69) is 20.4 Å². The lowest BCUT2D eigenvalue weighted by Crippen LogP contribution is -2.18. The second-order valence-electron chi connectivity index (χ2n) is 6.49. The summed E-state index contributed by atoms with van der Waals surface area (Å²) in [7, 11) is -3.25. The van der Waals surface area contributed by atoms with Gasteiger partial charge in [0.25, 0.3) is 7.52 Å². The lowest BCUT2D eigenvalue weighted by Gasteiger charge is -2.22. The monoisotopic (exact) mass is 404 g/mol. The number of aryl methyl sites for hydroxylation is 3. The van der Waals surface area contributed by atoms with Gasteiger partial charge in [-0.25, -0.2) is 15.1 Å². The minimum Gasteiger partial charge on any atom is -0.508 e. The summed E-state index contributed by atoms with van der Waals surface area (Å²) >= 11 is 0. The molecule has 1 heterocycles. The number of nitrogens with zero attached hydrogens (tertiary/aromatic N) is 2. The van der Waals surface area contributed by atoms with Gasteiger partial charge in [0.05, 0.1) is 6.61 Å². The minimum absolute atomic E-state index is 0.222. The number of rotatable bonds is 9. The molecule has 7 nitrogen and oxygen atoms in total. The van der Waals surface area contributed by atoms with Crippen molar-refractivity contribution in [2.45, 2.75) is 34.6 Å². The molecule has 0 fully saturated rings. The van der Waals surface area contributed by atoms with Gasteiger partial charge in [-0.1, -0.05) is 13.0 Å². The second kappa shape index (κ2) is 9.82. The molecule has 152 valence electrons. The SMILES string of the molecule is CCNP(=O)(OCC)C(=Cc1ccc(O)c(C)c1)CNc1nc(C)cc(C)n1. The molecule has 3 N–H and O–H groups in total. The van der Waals surface area contributed by atoms with Gasteiger partial charge >= 0.3 is 0 Å². The van der Waals surface area contributed by atoms with Crippen LogP contribution in [0.5, 0.6) is 5.75 Å². The van der Waals surface area contributed by atoms with Gasteiger partial charge in [-0.3, -0.25) is 4.57 Å². The zero-order chi connectivity index (χ0) is 20.7. The third-order valence-electron chi connectivity index (χ3n) is 4.02. The normalized spacial score (nSPS) is 14.0. The van der Waals surface area contributed by atoms with Crippen molar-refractivity contribution in [1.82, 2.24) is 15.1 Å². The number of benzene rings is 1. The lowest BCUT2D eigenvalue weighted by molar-refractivity contribution is 0.330. The van der Waals surface area contributed by atoms with Crippen LogP contribution in [0.4, 0.5) is 5.95 Å². The smallest absolute Gasteiger partial charge is 0.297 e. The van der Waals surface area contributed by atoms with E-state index in [0.717, 1.165) is 22.5 Å². The molecule has 0 radical (unpaired) electrons. The molecular weight excluding hydrogens is 375 g/mol. The molecule has 1 aromatic carbocycles. The molecule has 28 heavy (non-hydrogen) atoms. The van der Waals surface area contributed by atoms with Crippen LogP contribution >= 0.6 is 7.52 Å². The van der Waals surface area contributed by atoms with Crippen LogP contribution in [0.25, 0.3) is 6.08 Å². The topological polar surface area (TPSA) is 96.4 Å². The average Bonchev–Trinajstić information content (AvgIpc) is 2.61. The van der Waals surface area contributed by atoms with Crippen molar-refractivity contribution in [3.8, 4) is 5.75 Å². The van der Waals surface area contributed by atoms with Gasteiger partial charge in [0.2, 0.25) is 5.95 Å². The van der Waals surface area contributed by atoms with Crippen LogP contribution in [-0.2, 0) is 9.09 Å². The van der Waals surface area contributed by atoms with E-state index in [1.807, 2.05) is 52.8 Å². The van der Waals surface area contributed by atoms with Gasteiger partial charge in [-0.2, -0.15) is 0 Å². The maximum Gasteiger partial charge on any atom is 0.297 e. The Labute approximate surface area is 166 Å². The van der Waals surface area contributed by atoms with Crippen molar-refractivity contribution in [3.63, 3.8) is 0 Å². The van der Waals surface area contributed by atoms with E-state index in [0.29, 0.717) is 24.4 Å². The number of aromatic nitrogens is 2. The zero-order valence-corrected chi connectivity index (χ0v) is 18.0. The first-order chi connectivity index (χ1) is 13.3. The van der Waals surface area contributed by atoms with Gasteiger partial charge < -0.3 is 14.9 Å². The molecule has 0 saturated heterocycles. The fourth-order valence-corrected chi connectivity index (χ4v) is 4.64. The fourth-order valence-electron chi connectivity index (χ4n) is 2.80. The van der Waals surface area contributed by atoms with Gasteiger partial charge in [-0.05, 0) is 63.1 Å². The van der Waals surface area contributed by atoms with E-state index in [1.165, 1.54) is 0 Å². The van der Waals surface area contributed by atoms with Gasteiger partial charge in [0.15, 0.2) is 0 Å². The Bertz CT molecular complexity index is 869. The Kier molecular flexibility index (Phi) is 7.75. The van der Waals surface area contributed by atoms with Crippen LogP contribution in [0.15, 0.2) is 29.6 Å². The zero-order valence-electron chi connectivity index (χ0n) is 17.1. The largest absolute Gasteiger partial charge is 0.508 e. The Hall–Kier alpha value is -2.21. The van der Waals surface area contributed by atoms with Crippen LogP contribution in [0.3, 0.4) is 0 Å². The number of aromatic hydroxyl groups is 1. The van der Waals surface area contributed by atoms with E-state index in [-0.39, 0.29) is 12.3 Å². The quantitative estimate of drug-likeness (QED) is 0.533. The van der Waals surface area contributed by atoms with Crippen molar-refractivity contribution in [1.29, 1.82) is 0 Å². The Balaban J connectivity index is 2.40. The standard InChI is InChI=1S/C20H29N4O3P/c1-6-22-28(26,27-7-2)18(12-17-8-9-19(25)14(3)10-17)13-21-20-23-15(4)11-16(5)24-20/h8-12,25H,6-7,13H2,1-5H3,(H,22,26)(H,21,23,24). The van der Waals surface area contributed by atoms with E-state index in [1.54, 1.807) is 12.1 Å². The van der Waals surface area contributed by atoms with Crippen molar-refractivity contribution in [2.75, 3.05) is 25.0 Å². The molecule has 0 amide bonds. The first-order valence-corrected chi connectivity index (χ1v) is 11.0. The van der Waals surface area contributed by atoms with Crippen LogP contribution in [0.2, 0.25) is 0 Å². The molecule has 2 rings (SSSR count). The highest BCUT2D eigenvalue weighted by Gasteiger charge is 2.27. The molecule has 2 aromatic rings. The summed E-state index contributed by atoms with van der Waals surface area (Å²) in [5.74, 6) is 0.699. The van der Waals surface area contributed by atoms with E-state index >= 15 is 0 Å². The molecule has 8 heteroatoms. The Morgan fingerprint density at radius 3 is 2.43 bits per heavy atom. The molecule has 1 unspecified atom stereocenters. The Morgan fingerprint density at radius 2 is 1.86 bits per heavy atom. The van der Waals surface area contributed by atoms with Crippen LogP contribution in [-0.4, -0.2) is 34.8 Å². The van der Waals surface area contributed by atoms with Crippen molar-refractivity contribution in [2.24, 2.45) is 0 Å². The average molecular weight is 404 g/mol. The van der Waals surface area contributed by atoms with Crippen LogP contribution in [0, 0.1) is 20.8 Å². The summed E-state index contributed by atoms with van der Waals surface area (Å²) < 4.78 is 19.1. The molecule has 0 bridgehead atoms. The van der Waals surface area contributed by atoms with Crippen molar-refractivity contribution >= 4 is 19.5 Å².